The van der Waals surface area contributed by atoms with Gasteiger partial charge in [0.15, 0.2) is 0 Å². The maximum Gasteiger partial charge on any atom is 0.0361 e. The quantitative estimate of drug-likeness (QED) is 0.843. The van der Waals surface area contributed by atoms with Crippen molar-refractivity contribution in [3.05, 3.63) is 53.8 Å². The summed E-state index contributed by atoms with van der Waals surface area (Å²) in [6.45, 7) is 4.02. The minimum Gasteiger partial charge on any atom is -0.402 e. The van der Waals surface area contributed by atoms with Crippen LogP contribution in [0.1, 0.15) is 24.3 Å². The van der Waals surface area contributed by atoms with E-state index in [1.165, 1.54) is 11.3 Å². The molecule has 0 fully saturated rings. The molecule has 0 saturated carbocycles. The summed E-state index contributed by atoms with van der Waals surface area (Å²) >= 11 is 0. The van der Waals surface area contributed by atoms with E-state index in [1.54, 1.807) is 0 Å². The minimum absolute atomic E-state index is 0.490. The minimum atomic E-state index is 0.490. The summed E-state index contributed by atoms with van der Waals surface area (Å²) in [7, 11) is 4.11. The molecule has 2 nitrogen and oxygen atoms in total. The Balaban J connectivity index is 2.18. The number of benzene rings is 1. The normalized spacial score (nSPS) is 20.0. The van der Waals surface area contributed by atoms with Gasteiger partial charge in [-0.05, 0) is 42.5 Å². The van der Waals surface area contributed by atoms with E-state index in [2.05, 4.69) is 49.8 Å². The first-order chi connectivity index (χ1) is 8.06. The molecule has 90 valence electrons. The third-order valence-corrected chi connectivity index (χ3v) is 3.26. The van der Waals surface area contributed by atoms with Crippen molar-refractivity contribution in [2.45, 2.75) is 18.8 Å². The Morgan fingerprint density at radius 2 is 1.82 bits per heavy atom. The highest BCUT2D eigenvalue weighted by Crippen LogP contribution is 2.33. The second-order valence-corrected chi connectivity index (χ2v) is 4.97. The Kier molecular flexibility index (Phi) is 3.23. The Labute approximate surface area is 103 Å². The van der Waals surface area contributed by atoms with Crippen LogP contribution in [0.15, 0.2) is 48.2 Å². The van der Waals surface area contributed by atoms with Crippen molar-refractivity contribution in [2.24, 2.45) is 5.73 Å². The van der Waals surface area contributed by atoms with Gasteiger partial charge in [-0.1, -0.05) is 24.3 Å². The van der Waals surface area contributed by atoms with Crippen LogP contribution in [0.3, 0.4) is 0 Å². The first-order valence-electron chi connectivity index (χ1n) is 5.97. The van der Waals surface area contributed by atoms with Crippen LogP contribution in [-0.2, 0) is 0 Å². The van der Waals surface area contributed by atoms with Crippen LogP contribution in [0.2, 0.25) is 0 Å². The summed E-state index contributed by atoms with van der Waals surface area (Å²) < 4.78 is 0. The van der Waals surface area contributed by atoms with Gasteiger partial charge < -0.3 is 10.6 Å². The molecule has 0 amide bonds. The van der Waals surface area contributed by atoms with Crippen LogP contribution >= 0.6 is 0 Å². The molecule has 1 atom stereocenters. The number of hydrogen-bond donors (Lipinski definition) is 1. The maximum atomic E-state index is 5.92. The van der Waals surface area contributed by atoms with Gasteiger partial charge >= 0.3 is 0 Å². The third-order valence-electron chi connectivity index (χ3n) is 3.26. The van der Waals surface area contributed by atoms with Gasteiger partial charge in [-0.25, -0.2) is 0 Å². The number of hydrogen-bond acceptors (Lipinski definition) is 2. The van der Waals surface area contributed by atoms with Crippen molar-refractivity contribution < 1.29 is 0 Å². The van der Waals surface area contributed by atoms with E-state index >= 15 is 0 Å². The van der Waals surface area contributed by atoms with Gasteiger partial charge in [0, 0.05) is 25.5 Å². The highest BCUT2D eigenvalue weighted by Gasteiger charge is 2.17. The number of anilines is 1. The fraction of sp³-hybridized carbons (Fsp3) is 0.333. The molecule has 0 heterocycles. The molecule has 0 bridgehead atoms. The van der Waals surface area contributed by atoms with Gasteiger partial charge in [0.05, 0.1) is 0 Å². The lowest BCUT2D eigenvalue weighted by atomic mass is 9.84. The Bertz CT molecular complexity index is 440. The van der Waals surface area contributed by atoms with Crippen LogP contribution in [0.5, 0.6) is 0 Å². The SMILES string of the molecule is C=C1C=C(N)CC(c2ccc(N(C)C)cc2)C1. The fourth-order valence-corrected chi connectivity index (χ4v) is 2.33. The molecular weight excluding hydrogens is 208 g/mol. The van der Waals surface area contributed by atoms with E-state index in [4.69, 9.17) is 5.73 Å². The molecule has 1 aromatic carbocycles. The molecule has 0 aliphatic heterocycles. The van der Waals surface area contributed by atoms with Crippen molar-refractivity contribution in [3.63, 3.8) is 0 Å². The van der Waals surface area contributed by atoms with Crippen molar-refractivity contribution in [2.75, 3.05) is 19.0 Å². The molecule has 0 spiro atoms. The van der Waals surface area contributed by atoms with Crippen molar-refractivity contribution >= 4 is 5.69 Å². The molecule has 1 aromatic rings. The Morgan fingerprint density at radius 1 is 1.18 bits per heavy atom. The summed E-state index contributed by atoms with van der Waals surface area (Å²) in [5.41, 5.74) is 10.6. The largest absolute Gasteiger partial charge is 0.402 e. The second kappa shape index (κ2) is 4.66. The molecule has 1 aliphatic rings. The predicted octanol–water partition coefficient (Wildman–Crippen LogP) is 3.03. The molecule has 0 saturated heterocycles. The van der Waals surface area contributed by atoms with Gasteiger partial charge in [-0.15, -0.1) is 0 Å². The first-order valence-corrected chi connectivity index (χ1v) is 5.97. The van der Waals surface area contributed by atoms with Gasteiger partial charge in [-0.2, -0.15) is 0 Å². The highest BCUT2D eigenvalue weighted by molar-refractivity contribution is 5.47. The zero-order chi connectivity index (χ0) is 12.4. The van der Waals surface area contributed by atoms with E-state index in [9.17, 15) is 0 Å². The van der Waals surface area contributed by atoms with Crippen LogP contribution in [-0.4, -0.2) is 14.1 Å². The molecule has 0 aromatic heterocycles. The van der Waals surface area contributed by atoms with Crippen molar-refractivity contribution in [1.29, 1.82) is 0 Å². The summed E-state index contributed by atoms with van der Waals surface area (Å²) in [6.07, 6.45) is 3.97. The van der Waals surface area contributed by atoms with E-state index in [0.29, 0.717) is 5.92 Å². The zero-order valence-electron chi connectivity index (χ0n) is 10.6. The molecule has 2 N–H and O–H groups in total. The third kappa shape index (κ3) is 2.70. The standard InChI is InChI=1S/C15H20N2/c1-11-8-13(10-14(16)9-11)12-4-6-15(7-5-12)17(2)3/h4-7,9,13H,1,8,10,16H2,2-3H3. The van der Waals surface area contributed by atoms with E-state index in [-0.39, 0.29) is 0 Å². The van der Waals surface area contributed by atoms with Gasteiger partial charge in [0.1, 0.15) is 0 Å². The maximum absolute atomic E-state index is 5.92. The predicted molar refractivity (Wildman–Crippen MR) is 74.2 cm³/mol. The fourth-order valence-electron chi connectivity index (χ4n) is 2.33. The topological polar surface area (TPSA) is 29.3 Å². The molecule has 2 rings (SSSR count). The number of allylic oxidation sites excluding steroid dienone is 3. The second-order valence-electron chi connectivity index (χ2n) is 4.97. The Hall–Kier alpha value is -1.70. The lowest BCUT2D eigenvalue weighted by molar-refractivity contribution is 0.653. The number of rotatable bonds is 2. The van der Waals surface area contributed by atoms with Crippen molar-refractivity contribution in [3.8, 4) is 0 Å². The summed E-state index contributed by atoms with van der Waals surface area (Å²) in [6, 6.07) is 8.72. The van der Waals surface area contributed by atoms with Crippen LogP contribution in [0.25, 0.3) is 0 Å². The molecule has 1 unspecified atom stereocenters. The summed E-state index contributed by atoms with van der Waals surface area (Å²) in [5, 5.41) is 0. The smallest absolute Gasteiger partial charge is 0.0361 e. The lowest BCUT2D eigenvalue weighted by Gasteiger charge is -2.23. The first kappa shape index (κ1) is 11.8. The van der Waals surface area contributed by atoms with Crippen LogP contribution in [0.4, 0.5) is 5.69 Å². The van der Waals surface area contributed by atoms with Gasteiger partial charge in [0.25, 0.3) is 0 Å². The van der Waals surface area contributed by atoms with Crippen LogP contribution in [0, 0.1) is 0 Å². The summed E-state index contributed by atoms with van der Waals surface area (Å²) in [5.74, 6) is 0.490. The average Bonchev–Trinajstić information content (AvgIpc) is 2.28. The monoisotopic (exact) mass is 228 g/mol. The molecule has 0 radical (unpaired) electrons. The molecular formula is C15H20N2. The number of nitrogens with zero attached hydrogens (tertiary/aromatic N) is 1. The Morgan fingerprint density at radius 3 is 2.35 bits per heavy atom. The van der Waals surface area contributed by atoms with Gasteiger partial charge in [-0.3, -0.25) is 0 Å². The molecule has 17 heavy (non-hydrogen) atoms. The highest BCUT2D eigenvalue weighted by atomic mass is 15.1. The number of nitrogens with two attached hydrogens (primary N) is 1. The van der Waals surface area contributed by atoms with E-state index < -0.39 is 0 Å². The van der Waals surface area contributed by atoms with Crippen LogP contribution < -0.4 is 10.6 Å². The van der Waals surface area contributed by atoms with Crippen molar-refractivity contribution in [1.82, 2.24) is 0 Å². The lowest BCUT2D eigenvalue weighted by Crippen LogP contribution is -2.12. The zero-order valence-corrected chi connectivity index (χ0v) is 10.6. The molecule has 2 heteroatoms. The van der Waals surface area contributed by atoms with Gasteiger partial charge in [0.2, 0.25) is 0 Å². The molecule has 1 aliphatic carbocycles. The summed E-state index contributed by atoms with van der Waals surface area (Å²) in [4.78, 5) is 2.11. The average molecular weight is 228 g/mol. The van der Waals surface area contributed by atoms with E-state index in [0.717, 1.165) is 24.1 Å². The van der Waals surface area contributed by atoms with E-state index in [1.807, 2.05) is 6.08 Å².